The molecule has 0 aromatic rings. The summed E-state index contributed by atoms with van der Waals surface area (Å²) >= 11 is 0. The average Bonchev–Trinajstić information content (AvgIpc) is 2.96. The van der Waals surface area contributed by atoms with E-state index in [4.69, 9.17) is 5.11 Å². The predicted molar refractivity (Wildman–Crippen MR) is 66.4 cm³/mol. The molecule has 106 valence electrons. The third kappa shape index (κ3) is 3.84. The lowest BCUT2D eigenvalue weighted by molar-refractivity contribution is -0.137. The molecule has 0 saturated heterocycles. The first-order valence-corrected chi connectivity index (χ1v) is 6.57. The monoisotopic (exact) mass is 269 g/mol. The second kappa shape index (κ2) is 5.90. The molecule has 0 aromatic carbocycles. The molecule has 7 nitrogen and oxygen atoms in total. The third-order valence-electron chi connectivity index (χ3n) is 3.90. The van der Waals surface area contributed by atoms with Crippen LogP contribution in [0.15, 0.2) is 0 Å². The molecule has 0 aromatic heterocycles. The summed E-state index contributed by atoms with van der Waals surface area (Å²) in [6.07, 6.45) is 4.67. The summed E-state index contributed by atoms with van der Waals surface area (Å²) in [5.41, 5.74) is 0. The van der Waals surface area contributed by atoms with E-state index in [0.717, 1.165) is 12.3 Å². The second-order valence-electron chi connectivity index (χ2n) is 5.28. The van der Waals surface area contributed by atoms with Crippen LogP contribution in [0.5, 0.6) is 0 Å². The van der Waals surface area contributed by atoms with Crippen LogP contribution in [0.25, 0.3) is 0 Å². The minimum absolute atomic E-state index is 0.208. The van der Waals surface area contributed by atoms with Gasteiger partial charge in [-0.25, -0.2) is 4.79 Å². The quantitative estimate of drug-likeness (QED) is 0.548. The number of hydrogen-bond acceptors (Lipinski definition) is 3. The van der Waals surface area contributed by atoms with E-state index >= 15 is 0 Å². The molecule has 2 bridgehead atoms. The van der Waals surface area contributed by atoms with Gasteiger partial charge < -0.3 is 21.1 Å². The van der Waals surface area contributed by atoms with Gasteiger partial charge in [0.1, 0.15) is 6.54 Å². The fourth-order valence-electron chi connectivity index (χ4n) is 3.04. The van der Waals surface area contributed by atoms with Crippen molar-refractivity contribution >= 4 is 17.9 Å². The highest BCUT2D eigenvalue weighted by Gasteiger charge is 2.40. The molecular formula is C12H19N3O4. The average molecular weight is 269 g/mol. The lowest BCUT2D eigenvalue weighted by atomic mass is 9.95. The molecule has 2 fully saturated rings. The molecule has 0 heterocycles. The van der Waals surface area contributed by atoms with Crippen molar-refractivity contribution < 1.29 is 19.5 Å². The number of aliphatic carboxylic acids is 1. The molecule has 0 radical (unpaired) electrons. The van der Waals surface area contributed by atoms with Gasteiger partial charge in [-0.2, -0.15) is 0 Å². The number of carbonyl (C=O) groups is 3. The number of urea groups is 1. The Bertz CT molecular complexity index is 385. The first-order chi connectivity index (χ1) is 9.04. The van der Waals surface area contributed by atoms with Crippen LogP contribution in [-0.4, -0.2) is 42.1 Å². The highest BCUT2D eigenvalue weighted by Crippen LogP contribution is 2.44. The van der Waals surface area contributed by atoms with Crippen LogP contribution in [0.3, 0.4) is 0 Å². The summed E-state index contributed by atoms with van der Waals surface area (Å²) in [5, 5.41) is 15.9. The predicted octanol–water partition coefficient (Wildman–Crippen LogP) is -0.325. The molecule has 2 rings (SSSR count). The highest BCUT2D eigenvalue weighted by molar-refractivity contribution is 5.86. The van der Waals surface area contributed by atoms with Crippen molar-refractivity contribution in [1.82, 2.24) is 16.0 Å². The number of fused-ring (bicyclic) bond motifs is 2. The van der Waals surface area contributed by atoms with Gasteiger partial charge in [-0.15, -0.1) is 0 Å². The van der Waals surface area contributed by atoms with E-state index in [0.29, 0.717) is 5.92 Å². The molecule has 4 N–H and O–H groups in total. The number of carbonyl (C=O) groups excluding carboxylic acids is 2. The van der Waals surface area contributed by atoms with Crippen LogP contribution in [0.4, 0.5) is 4.79 Å². The molecule has 2 aliphatic carbocycles. The number of nitrogens with one attached hydrogen (secondary N) is 3. The molecule has 0 spiro atoms. The Morgan fingerprint density at radius 1 is 1.05 bits per heavy atom. The number of rotatable bonds is 5. The molecule has 3 atom stereocenters. The zero-order chi connectivity index (χ0) is 13.8. The van der Waals surface area contributed by atoms with E-state index in [1.54, 1.807) is 0 Å². The Balaban J connectivity index is 1.62. The standard InChI is InChI=1S/C12H19N3O4/c16-10(13-6-11(17)18)5-14-12(19)15-9-4-7-1-2-8(9)3-7/h7-9H,1-6H2,(H,13,16)(H,17,18)(H2,14,15,19). The van der Waals surface area contributed by atoms with Gasteiger partial charge in [-0.1, -0.05) is 6.42 Å². The molecule has 3 unspecified atom stereocenters. The van der Waals surface area contributed by atoms with Gasteiger partial charge >= 0.3 is 12.0 Å². The van der Waals surface area contributed by atoms with Gasteiger partial charge in [0.05, 0.1) is 6.54 Å². The van der Waals surface area contributed by atoms with Crippen LogP contribution >= 0.6 is 0 Å². The van der Waals surface area contributed by atoms with E-state index < -0.39 is 18.4 Å². The maximum atomic E-state index is 11.6. The topological polar surface area (TPSA) is 108 Å². The molecule has 2 saturated carbocycles. The van der Waals surface area contributed by atoms with E-state index in [1.165, 1.54) is 19.3 Å². The third-order valence-corrected chi connectivity index (χ3v) is 3.90. The molecular weight excluding hydrogens is 250 g/mol. The maximum Gasteiger partial charge on any atom is 0.322 e. The summed E-state index contributed by atoms with van der Waals surface area (Å²) in [6.45, 7) is -0.644. The Labute approximate surface area is 111 Å². The fraction of sp³-hybridized carbons (Fsp3) is 0.750. The Kier molecular flexibility index (Phi) is 4.24. The number of amides is 3. The zero-order valence-corrected chi connectivity index (χ0v) is 10.6. The van der Waals surface area contributed by atoms with E-state index in [-0.39, 0.29) is 18.6 Å². The molecule has 3 amide bonds. The smallest absolute Gasteiger partial charge is 0.322 e. The summed E-state index contributed by atoms with van der Waals surface area (Å²) in [4.78, 5) is 33.0. The van der Waals surface area contributed by atoms with Gasteiger partial charge in [0.2, 0.25) is 5.91 Å². The Morgan fingerprint density at radius 3 is 2.42 bits per heavy atom. The lowest BCUT2D eigenvalue weighted by Crippen LogP contribution is -2.47. The van der Waals surface area contributed by atoms with Crippen molar-refractivity contribution in [3.05, 3.63) is 0 Å². The van der Waals surface area contributed by atoms with Crippen molar-refractivity contribution in [3.8, 4) is 0 Å². The normalized spacial score (nSPS) is 27.9. The molecule has 0 aliphatic heterocycles. The van der Waals surface area contributed by atoms with Gasteiger partial charge in [0.15, 0.2) is 0 Å². The van der Waals surface area contributed by atoms with Crippen molar-refractivity contribution in [2.45, 2.75) is 31.7 Å². The zero-order valence-electron chi connectivity index (χ0n) is 10.6. The van der Waals surface area contributed by atoms with Crippen LogP contribution in [0, 0.1) is 11.8 Å². The van der Waals surface area contributed by atoms with Gasteiger partial charge in [0.25, 0.3) is 0 Å². The Morgan fingerprint density at radius 2 is 1.84 bits per heavy atom. The van der Waals surface area contributed by atoms with E-state index in [1.807, 2.05) is 0 Å². The van der Waals surface area contributed by atoms with Crippen molar-refractivity contribution in [1.29, 1.82) is 0 Å². The number of hydrogen-bond donors (Lipinski definition) is 4. The first kappa shape index (κ1) is 13.6. The minimum atomic E-state index is -1.11. The first-order valence-electron chi connectivity index (χ1n) is 6.57. The van der Waals surface area contributed by atoms with Crippen molar-refractivity contribution in [2.75, 3.05) is 13.1 Å². The fourth-order valence-corrected chi connectivity index (χ4v) is 3.04. The highest BCUT2D eigenvalue weighted by atomic mass is 16.4. The summed E-state index contributed by atoms with van der Waals surface area (Å²) in [6, 6.07) is -0.135. The number of carboxylic acid groups (broad SMARTS) is 1. The summed E-state index contributed by atoms with van der Waals surface area (Å²) in [5.74, 6) is -0.295. The summed E-state index contributed by atoms with van der Waals surface area (Å²) < 4.78 is 0. The van der Waals surface area contributed by atoms with Gasteiger partial charge in [-0.3, -0.25) is 9.59 Å². The molecule has 2 aliphatic rings. The summed E-state index contributed by atoms with van der Waals surface area (Å²) in [7, 11) is 0. The van der Waals surface area contributed by atoms with Gasteiger partial charge in [0, 0.05) is 6.04 Å². The van der Waals surface area contributed by atoms with E-state index in [2.05, 4.69) is 16.0 Å². The minimum Gasteiger partial charge on any atom is -0.480 e. The molecule has 7 heteroatoms. The molecule has 19 heavy (non-hydrogen) atoms. The maximum absolute atomic E-state index is 11.6. The Hall–Kier alpha value is -1.79. The van der Waals surface area contributed by atoms with Crippen LogP contribution in [0.2, 0.25) is 0 Å². The number of carboxylic acids is 1. The van der Waals surface area contributed by atoms with Gasteiger partial charge in [-0.05, 0) is 31.1 Å². The van der Waals surface area contributed by atoms with Crippen molar-refractivity contribution in [3.63, 3.8) is 0 Å². The van der Waals surface area contributed by atoms with Crippen LogP contribution < -0.4 is 16.0 Å². The second-order valence-corrected chi connectivity index (χ2v) is 5.28. The lowest BCUT2D eigenvalue weighted by Gasteiger charge is -2.22. The largest absolute Gasteiger partial charge is 0.480 e. The SMILES string of the molecule is O=C(O)CNC(=O)CNC(=O)NC1CC2CCC1C2. The van der Waals surface area contributed by atoms with Crippen molar-refractivity contribution in [2.24, 2.45) is 11.8 Å². The van der Waals surface area contributed by atoms with Crippen LogP contribution in [-0.2, 0) is 9.59 Å². The van der Waals surface area contributed by atoms with E-state index in [9.17, 15) is 14.4 Å². The van der Waals surface area contributed by atoms with Crippen LogP contribution in [0.1, 0.15) is 25.7 Å².